The molecule has 0 spiro atoms. The number of anilines is 1. The van der Waals surface area contributed by atoms with E-state index in [1.54, 1.807) is 14.0 Å². The summed E-state index contributed by atoms with van der Waals surface area (Å²) in [7, 11) is 1.62. The van der Waals surface area contributed by atoms with Crippen molar-refractivity contribution in [3.8, 4) is 11.5 Å². The van der Waals surface area contributed by atoms with Gasteiger partial charge in [0.2, 0.25) is 0 Å². The Hall–Kier alpha value is -4.00. The van der Waals surface area contributed by atoms with E-state index in [0.717, 1.165) is 27.8 Å². The normalized spacial score (nSPS) is 15.1. The van der Waals surface area contributed by atoms with Crippen molar-refractivity contribution in [2.75, 3.05) is 18.6 Å². The first-order valence-electron chi connectivity index (χ1n) is 11.7. The van der Waals surface area contributed by atoms with Gasteiger partial charge in [-0.25, -0.2) is 4.79 Å². The summed E-state index contributed by atoms with van der Waals surface area (Å²) in [5.41, 5.74) is 5.50. The molecule has 0 bridgehead atoms. The molecule has 4 aromatic rings. The number of aryl methyl sites for hydroxylation is 1. The molecule has 7 nitrogen and oxygen atoms in total. The molecule has 3 aromatic carbocycles. The van der Waals surface area contributed by atoms with Gasteiger partial charge in [0.05, 0.1) is 13.7 Å². The second-order valence-electron chi connectivity index (χ2n) is 8.53. The smallest absolute Gasteiger partial charge is 0.329 e. The van der Waals surface area contributed by atoms with Gasteiger partial charge in [0.1, 0.15) is 18.2 Å². The number of nitrogens with zero attached hydrogens (tertiary/aromatic N) is 2. The van der Waals surface area contributed by atoms with Crippen LogP contribution in [0.25, 0.3) is 11.1 Å². The number of benzene rings is 3. The predicted octanol–water partition coefficient (Wildman–Crippen LogP) is 5.22. The zero-order valence-electron chi connectivity index (χ0n) is 20.1. The highest BCUT2D eigenvalue weighted by Gasteiger charge is 2.37. The SMILES string of the molecule is CCOC(=O)C1Cc2c(ccc(OC)c2OCc2ccccc2)CN1c1nc2c(C)cccc2o1. The molecule has 0 aliphatic carbocycles. The standard InChI is InChI=1S/C28H28N2O5/c1-4-33-27(31)22-15-21-20(16-30(22)28-29-25-18(2)9-8-12-23(25)35-28)13-14-24(32-3)26(21)34-17-19-10-6-5-7-11-19/h5-14,22H,4,15-17H2,1-3H3. The third-order valence-electron chi connectivity index (χ3n) is 6.30. The van der Waals surface area contributed by atoms with Crippen LogP contribution in [0.5, 0.6) is 11.5 Å². The van der Waals surface area contributed by atoms with Crippen molar-refractivity contribution in [3.05, 3.63) is 82.9 Å². The van der Waals surface area contributed by atoms with E-state index in [4.69, 9.17) is 23.6 Å². The van der Waals surface area contributed by atoms with Crippen molar-refractivity contribution in [1.29, 1.82) is 0 Å². The lowest BCUT2D eigenvalue weighted by atomic mass is 9.92. The highest BCUT2D eigenvalue weighted by atomic mass is 16.5. The number of para-hydroxylation sites is 1. The number of carbonyl (C=O) groups excluding carboxylic acids is 1. The Morgan fingerprint density at radius 1 is 1.11 bits per heavy atom. The third-order valence-corrected chi connectivity index (χ3v) is 6.30. The van der Waals surface area contributed by atoms with E-state index in [1.165, 1.54) is 0 Å². The minimum absolute atomic E-state index is 0.290. The van der Waals surface area contributed by atoms with E-state index >= 15 is 0 Å². The van der Waals surface area contributed by atoms with Crippen LogP contribution in [0.1, 0.15) is 29.2 Å². The summed E-state index contributed by atoms with van der Waals surface area (Å²) in [6.45, 7) is 4.91. The van der Waals surface area contributed by atoms with Crippen LogP contribution < -0.4 is 14.4 Å². The zero-order chi connectivity index (χ0) is 24.4. The molecule has 1 aliphatic rings. The summed E-state index contributed by atoms with van der Waals surface area (Å²) in [6, 6.07) is 19.5. The number of oxazole rings is 1. The van der Waals surface area contributed by atoms with Crippen LogP contribution in [0.15, 0.2) is 65.1 Å². The summed E-state index contributed by atoms with van der Waals surface area (Å²) >= 11 is 0. The molecular weight excluding hydrogens is 444 g/mol. The van der Waals surface area contributed by atoms with E-state index in [2.05, 4.69) is 0 Å². The van der Waals surface area contributed by atoms with Crippen molar-refractivity contribution < 1.29 is 23.4 Å². The summed E-state index contributed by atoms with van der Waals surface area (Å²) in [4.78, 5) is 19.7. The van der Waals surface area contributed by atoms with Gasteiger partial charge in [-0.2, -0.15) is 4.98 Å². The molecule has 5 rings (SSSR count). The second kappa shape index (κ2) is 9.70. The number of hydrogen-bond donors (Lipinski definition) is 0. The quantitative estimate of drug-likeness (QED) is 0.342. The molecule has 0 radical (unpaired) electrons. The monoisotopic (exact) mass is 472 g/mol. The van der Waals surface area contributed by atoms with Crippen molar-refractivity contribution in [1.82, 2.24) is 4.98 Å². The maximum absolute atomic E-state index is 13.1. The Balaban J connectivity index is 1.54. The van der Waals surface area contributed by atoms with Gasteiger partial charge >= 0.3 is 5.97 Å². The van der Waals surface area contributed by atoms with Crippen LogP contribution in [0.4, 0.5) is 6.01 Å². The third kappa shape index (κ3) is 4.41. The lowest BCUT2D eigenvalue weighted by Crippen LogP contribution is -2.47. The number of methoxy groups -OCH3 is 1. The first-order valence-corrected chi connectivity index (χ1v) is 11.7. The average molecular weight is 473 g/mol. The van der Waals surface area contributed by atoms with Gasteiger partial charge in [0.25, 0.3) is 6.01 Å². The molecule has 0 saturated carbocycles. The van der Waals surface area contributed by atoms with Gasteiger partial charge in [0.15, 0.2) is 17.1 Å². The second-order valence-corrected chi connectivity index (χ2v) is 8.53. The highest BCUT2D eigenvalue weighted by molar-refractivity contribution is 5.83. The molecule has 0 N–H and O–H groups in total. The van der Waals surface area contributed by atoms with Gasteiger partial charge in [-0.1, -0.05) is 48.5 Å². The number of hydrogen-bond acceptors (Lipinski definition) is 7. The van der Waals surface area contributed by atoms with Crippen LogP contribution in [0, 0.1) is 6.92 Å². The Labute approximate surface area is 204 Å². The van der Waals surface area contributed by atoms with Crippen LogP contribution in [-0.2, 0) is 29.1 Å². The first-order chi connectivity index (χ1) is 17.1. The number of aromatic nitrogens is 1. The largest absolute Gasteiger partial charge is 0.493 e. The molecule has 1 atom stereocenters. The van der Waals surface area contributed by atoms with E-state index < -0.39 is 6.04 Å². The van der Waals surface area contributed by atoms with Gasteiger partial charge in [-0.05, 0) is 42.7 Å². The summed E-state index contributed by atoms with van der Waals surface area (Å²) in [5.74, 6) is 0.957. The average Bonchev–Trinajstić information content (AvgIpc) is 3.33. The van der Waals surface area contributed by atoms with Crippen LogP contribution >= 0.6 is 0 Å². The molecule has 0 saturated heterocycles. The van der Waals surface area contributed by atoms with Crippen molar-refractivity contribution in [2.24, 2.45) is 0 Å². The molecule has 0 amide bonds. The van der Waals surface area contributed by atoms with Crippen LogP contribution in [0.2, 0.25) is 0 Å². The Morgan fingerprint density at radius 2 is 1.94 bits per heavy atom. The molecule has 2 heterocycles. The maximum atomic E-state index is 13.1. The Bertz CT molecular complexity index is 1350. The van der Waals surface area contributed by atoms with Crippen LogP contribution in [0.3, 0.4) is 0 Å². The lowest BCUT2D eigenvalue weighted by molar-refractivity contribution is -0.145. The predicted molar refractivity (Wildman–Crippen MR) is 133 cm³/mol. The van der Waals surface area contributed by atoms with Gasteiger partial charge in [0, 0.05) is 18.5 Å². The molecule has 0 fully saturated rings. The summed E-state index contributed by atoms with van der Waals surface area (Å²) < 4.78 is 23.4. The van der Waals surface area contributed by atoms with Crippen molar-refractivity contribution >= 4 is 23.1 Å². The minimum atomic E-state index is -0.609. The molecule has 7 heteroatoms. The minimum Gasteiger partial charge on any atom is -0.493 e. The van der Waals surface area contributed by atoms with Crippen molar-refractivity contribution in [2.45, 2.75) is 39.5 Å². The van der Waals surface area contributed by atoms with E-state index in [-0.39, 0.29) is 12.6 Å². The Kier molecular flexibility index (Phi) is 6.31. The van der Waals surface area contributed by atoms with E-state index in [1.807, 2.05) is 72.5 Å². The van der Waals surface area contributed by atoms with E-state index in [0.29, 0.717) is 42.7 Å². The van der Waals surface area contributed by atoms with Gasteiger partial charge in [-0.3, -0.25) is 0 Å². The summed E-state index contributed by atoms with van der Waals surface area (Å²) in [6.07, 6.45) is 0.382. The topological polar surface area (TPSA) is 74.0 Å². The molecule has 1 aliphatic heterocycles. The maximum Gasteiger partial charge on any atom is 0.329 e. The molecule has 180 valence electrons. The first kappa shape index (κ1) is 22.8. The van der Waals surface area contributed by atoms with Gasteiger partial charge < -0.3 is 23.5 Å². The van der Waals surface area contributed by atoms with Crippen LogP contribution in [-0.4, -0.2) is 30.7 Å². The number of rotatable bonds is 7. The number of fused-ring (bicyclic) bond motifs is 2. The summed E-state index contributed by atoms with van der Waals surface area (Å²) in [5, 5.41) is 0. The zero-order valence-corrected chi connectivity index (χ0v) is 20.1. The fraction of sp³-hybridized carbons (Fsp3) is 0.286. The molecular formula is C28H28N2O5. The molecule has 35 heavy (non-hydrogen) atoms. The lowest BCUT2D eigenvalue weighted by Gasteiger charge is -2.35. The van der Waals surface area contributed by atoms with Gasteiger partial charge in [-0.15, -0.1) is 0 Å². The van der Waals surface area contributed by atoms with Crippen molar-refractivity contribution in [3.63, 3.8) is 0 Å². The number of esters is 1. The van der Waals surface area contributed by atoms with E-state index in [9.17, 15) is 4.79 Å². The molecule has 1 aromatic heterocycles. The fourth-order valence-electron chi connectivity index (χ4n) is 4.51. The highest BCUT2D eigenvalue weighted by Crippen LogP contribution is 2.40. The molecule has 1 unspecified atom stereocenters. The number of ether oxygens (including phenoxy) is 3. The number of carbonyl (C=O) groups is 1. The fourth-order valence-corrected chi connectivity index (χ4v) is 4.51. The Morgan fingerprint density at radius 3 is 2.69 bits per heavy atom.